The van der Waals surface area contributed by atoms with E-state index in [0.717, 1.165) is 5.56 Å². The van der Waals surface area contributed by atoms with Crippen molar-refractivity contribution in [2.45, 2.75) is 12.3 Å². The summed E-state index contributed by atoms with van der Waals surface area (Å²) in [6.45, 7) is 0.154. The summed E-state index contributed by atoms with van der Waals surface area (Å²) in [4.78, 5) is 11.4. The second kappa shape index (κ2) is 3.62. The van der Waals surface area contributed by atoms with Crippen LogP contribution in [0.1, 0.15) is 5.56 Å². The zero-order valence-electron chi connectivity index (χ0n) is 8.05. The van der Waals surface area contributed by atoms with Gasteiger partial charge >= 0.3 is 0 Å². The van der Waals surface area contributed by atoms with Crippen molar-refractivity contribution in [1.29, 1.82) is 0 Å². The minimum absolute atomic E-state index is 0.168. The van der Waals surface area contributed by atoms with Gasteiger partial charge in [0.05, 0.1) is 13.1 Å². The van der Waals surface area contributed by atoms with E-state index in [4.69, 9.17) is 0 Å². The number of benzene rings is 1. The van der Waals surface area contributed by atoms with Crippen LogP contribution in [0.2, 0.25) is 0 Å². The van der Waals surface area contributed by atoms with Crippen molar-refractivity contribution < 1.29 is 15.0 Å². The second-order valence-electron chi connectivity index (χ2n) is 3.53. The van der Waals surface area contributed by atoms with Crippen molar-refractivity contribution in [3.8, 4) is 0 Å². The fraction of sp³-hybridized carbons (Fsp3) is 0.300. The molecule has 0 radical (unpaired) electrons. The quantitative estimate of drug-likeness (QED) is 0.557. The van der Waals surface area contributed by atoms with Gasteiger partial charge in [-0.3, -0.25) is 9.80 Å². The van der Waals surface area contributed by atoms with E-state index in [-0.39, 0.29) is 6.54 Å². The summed E-state index contributed by atoms with van der Waals surface area (Å²) in [5, 5.41) is 19.6. The Morgan fingerprint density at radius 2 is 2.00 bits per heavy atom. The molecule has 80 valence electrons. The van der Waals surface area contributed by atoms with Gasteiger partial charge in [-0.15, -0.1) is 0 Å². The molecule has 0 spiro atoms. The van der Waals surface area contributed by atoms with Crippen molar-refractivity contribution in [2.75, 3.05) is 6.54 Å². The maximum absolute atomic E-state index is 11.4. The Kier molecular flexibility index (Phi) is 2.44. The number of rotatable bonds is 2. The van der Waals surface area contributed by atoms with Gasteiger partial charge in [-0.05, 0) is 5.56 Å². The monoisotopic (exact) mass is 208 g/mol. The van der Waals surface area contributed by atoms with E-state index in [9.17, 15) is 15.0 Å². The molecule has 0 bridgehead atoms. The summed E-state index contributed by atoms with van der Waals surface area (Å²) in [5.41, 5.74) is 3.56. The molecule has 2 rings (SSSR count). The summed E-state index contributed by atoms with van der Waals surface area (Å²) in [5.74, 6) is -2.99. The predicted molar refractivity (Wildman–Crippen MR) is 52.2 cm³/mol. The van der Waals surface area contributed by atoms with Crippen LogP contribution in [0.15, 0.2) is 30.3 Å². The van der Waals surface area contributed by atoms with Gasteiger partial charge in [-0.2, -0.15) is 0 Å². The number of aliphatic hydroxyl groups is 2. The van der Waals surface area contributed by atoms with Gasteiger partial charge in [-0.1, -0.05) is 30.3 Å². The minimum atomic E-state index is -2.27. The molecule has 1 fully saturated rings. The number of nitrogens with zero attached hydrogens (tertiary/aromatic N) is 1. The van der Waals surface area contributed by atoms with Crippen LogP contribution in [0.3, 0.4) is 0 Å². The largest absolute Gasteiger partial charge is 0.357 e. The van der Waals surface area contributed by atoms with Gasteiger partial charge in [0.25, 0.3) is 11.7 Å². The molecular weight excluding hydrogens is 196 g/mol. The first-order valence-corrected chi connectivity index (χ1v) is 4.64. The summed E-state index contributed by atoms with van der Waals surface area (Å²) >= 11 is 0. The van der Waals surface area contributed by atoms with Crippen LogP contribution in [0.5, 0.6) is 0 Å². The third-order valence-electron chi connectivity index (χ3n) is 2.29. The van der Waals surface area contributed by atoms with E-state index < -0.39 is 11.7 Å². The average molecular weight is 208 g/mol. The van der Waals surface area contributed by atoms with Gasteiger partial charge in [-0.25, -0.2) is 5.43 Å². The predicted octanol–water partition coefficient (Wildman–Crippen LogP) is -0.786. The van der Waals surface area contributed by atoms with Gasteiger partial charge in [0, 0.05) is 0 Å². The highest BCUT2D eigenvalue weighted by atomic mass is 16.5. The molecule has 15 heavy (non-hydrogen) atoms. The molecule has 1 saturated heterocycles. The minimum Gasteiger partial charge on any atom is -0.357 e. The first-order chi connectivity index (χ1) is 7.09. The standard InChI is InChI=1S/C10H12N2O3/c13-9-10(14,15)7-11-12(9)6-8-4-2-1-3-5-8/h1-5,11,14-15H,6-7H2. The SMILES string of the molecule is O=C1N(Cc2ccccc2)NCC1(O)O. The van der Waals surface area contributed by atoms with Crippen LogP contribution in [0.4, 0.5) is 0 Å². The van der Waals surface area contributed by atoms with Crippen molar-refractivity contribution in [1.82, 2.24) is 10.4 Å². The van der Waals surface area contributed by atoms with Crippen LogP contribution >= 0.6 is 0 Å². The number of β-amino-alcohol motifs (C(OH)–C–C–N with tert-alkyl or cyclic N) is 2. The lowest BCUT2D eigenvalue weighted by Crippen LogP contribution is -2.41. The molecule has 0 unspecified atom stereocenters. The van der Waals surface area contributed by atoms with Crippen LogP contribution in [-0.2, 0) is 11.3 Å². The molecular formula is C10H12N2O3. The molecule has 0 aromatic heterocycles. The topological polar surface area (TPSA) is 72.8 Å². The Morgan fingerprint density at radius 1 is 1.33 bits per heavy atom. The van der Waals surface area contributed by atoms with Gasteiger partial charge in [0.15, 0.2) is 0 Å². The highest BCUT2D eigenvalue weighted by Crippen LogP contribution is 2.13. The van der Waals surface area contributed by atoms with E-state index in [1.54, 1.807) is 0 Å². The summed E-state index contributed by atoms with van der Waals surface area (Å²) in [6.07, 6.45) is 0. The zero-order chi connectivity index (χ0) is 10.9. The van der Waals surface area contributed by atoms with Crippen molar-refractivity contribution in [3.05, 3.63) is 35.9 Å². The molecule has 3 N–H and O–H groups in total. The van der Waals surface area contributed by atoms with Crippen LogP contribution in [0.25, 0.3) is 0 Å². The fourth-order valence-electron chi connectivity index (χ4n) is 1.46. The fourth-order valence-corrected chi connectivity index (χ4v) is 1.46. The third-order valence-corrected chi connectivity index (χ3v) is 2.29. The normalized spacial score (nSPS) is 19.6. The Balaban J connectivity index is 2.06. The summed E-state index contributed by atoms with van der Waals surface area (Å²) in [6, 6.07) is 9.33. The lowest BCUT2D eigenvalue weighted by atomic mass is 10.2. The molecule has 5 heteroatoms. The Hall–Kier alpha value is -1.43. The molecule has 0 saturated carbocycles. The molecule has 1 aromatic carbocycles. The second-order valence-corrected chi connectivity index (χ2v) is 3.53. The molecule has 1 aliphatic rings. The average Bonchev–Trinajstić information content (AvgIpc) is 2.47. The van der Waals surface area contributed by atoms with Crippen LogP contribution in [-0.4, -0.2) is 33.5 Å². The van der Waals surface area contributed by atoms with E-state index in [2.05, 4.69) is 5.43 Å². The molecule has 0 atom stereocenters. The lowest BCUT2D eigenvalue weighted by Gasteiger charge is -2.16. The number of carbonyl (C=O) groups is 1. The Labute approximate surface area is 86.9 Å². The van der Waals surface area contributed by atoms with Gasteiger partial charge < -0.3 is 10.2 Å². The number of hydrogen-bond donors (Lipinski definition) is 3. The number of nitrogens with one attached hydrogen (secondary N) is 1. The van der Waals surface area contributed by atoms with Crippen molar-refractivity contribution in [3.63, 3.8) is 0 Å². The number of amides is 1. The van der Waals surface area contributed by atoms with E-state index in [0.29, 0.717) is 6.54 Å². The van der Waals surface area contributed by atoms with Crippen LogP contribution < -0.4 is 5.43 Å². The van der Waals surface area contributed by atoms with Crippen molar-refractivity contribution >= 4 is 5.91 Å². The molecule has 1 aromatic rings. The number of carbonyl (C=O) groups excluding carboxylic acids is 1. The Bertz CT molecular complexity index is 364. The lowest BCUT2D eigenvalue weighted by molar-refractivity contribution is -0.178. The van der Waals surface area contributed by atoms with E-state index >= 15 is 0 Å². The highest BCUT2D eigenvalue weighted by molar-refractivity contribution is 5.84. The van der Waals surface area contributed by atoms with E-state index in [1.165, 1.54) is 5.01 Å². The smallest absolute Gasteiger partial charge is 0.298 e. The van der Waals surface area contributed by atoms with Gasteiger partial charge in [0.1, 0.15) is 0 Å². The molecule has 5 nitrogen and oxygen atoms in total. The van der Waals surface area contributed by atoms with Crippen molar-refractivity contribution in [2.24, 2.45) is 0 Å². The first kappa shape index (κ1) is 10.1. The molecule has 1 amide bonds. The number of hydrazine groups is 1. The first-order valence-electron chi connectivity index (χ1n) is 4.64. The third kappa shape index (κ3) is 1.99. The maximum atomic E-state index is 11.4. The molecule has 1 aliphatic heterocycles. The summed E-state index contributed by atoms with van der Waals surface area (Å²) < 4.78 is 0. The van der Waals surface area contributed by atoms with Gasteiger partial charge in [0.2, 0.25) is 0 Å². The summed E-state index contributed by atoms with van der Waals surface area (Å²) in [7, 11) is 0. The Morgan fingerprint density at radius 3 is 2.53 bits per heavy atom. The van der Waals surface area contributed by atoms with Crippen LogP contribution in [0, 0.1) is 0 Å². The molecule has 1 heterocycles. The molecule has 0 aliphatic carbocycles. The highest BCUT2D eigenvalue weighted by Gasteiger charge is 2.43. The number of hydrogen-bond acceptors (Lipinski definition) is 4. The zero-order valence-corrected chi connectivity index (χ0v) is 8.05. The van der Waals surface area contributed by atoms with E-state index in [1.807, 2.05) is 30.3 Å². The maximum Gasteiger partial charge on any atom is 0.298 e.